The van der Waals surface area contributed by atoms with Gasteiger partial charge >= 0.3 is 0 Å². The third-order valence-corrected chi connectivity index (χ3v) is 5.18. The van der Waals surface area contributed by atoms with Crippen LogP contribution in [0.1, 0.15) is 5.56 Å². The number of hydrogen-bond acceptors (Lipinski definition) is 5. The number of carbonyl (C=O) groups excluding carboxylic acids is 1. The van der Waals surface area contributed by atoms with E-state index in [1.54, 1.807) is 12.4 Å². The van der Waals surface area contributed by atoms with Gasteiger partial charge in [0.25, 0.3) is 0 Å². The molecule has 1 amide bonds. The van der Waals surface area contributed by atoms with E-state index in [4.69, 9.17) is 0 Å². The van der Waals surface area contributed by atoms with Crippen LogP contribution in [0.2, 0.25) is 0 Å². The van der Waals surface area contributed by atoms with Crippen LogP contribution in [0.15, 0.2) is 90.3 Å². The van der Waals surface area contributed by atoms with Crippen LogP contribution in [0, 0.1) is 0 Å². The van der Waals surface area contributed by atoms with Gasteiger partial charge in [-0.1, -0.05) is 60.3 Å². The molecule has 4 rings (SSSR count). The lowest BCUT2D eigenvalue weighted by atomic mass is 10.2. The lowest BCUT2D eigenvalue weighted by Crippen LogP contribution is -2.24. The van der Waals surface area contributed by atoms with Crippen molar-refractivity contribution < 1.29 is 4.79 Å². The summed E-state index contributed by atoms with van der Waals surface area (Å²) in [4.78, 5) is 16.4. The van der Waals surface area contributed by atoms with Crippen molar-refractivity contribution >= 4 is 17.7 Å². The highest BCUT2D eigenvalue weighted by molar-refractivity contribution is 7.99. The number of hydrogen-bond donors (Lipinski definition) is 1. The summed E-state index contributed by atoms with van der Waals surface area (Å²) in [6, 6.07) is 23.5. The Bertz CT molecular complexity index is 1070. The van der Waals surface area contributed by atoms with Crippen LogP contribution < -0.4 is 5.32 Å². The van der Waals surface area contributed by atoms with Gasteiger partial charge in [0.2, 0.25) is 5.91 Å². The molecule has 144 valence electrons. The van der Waals surface area contributed by atoms with E-state index >= 15 is 0 Å². The molecule has 1 N–H and O–H groups in total. The maximum absolute atomic E-state index is 12.3. The summed E-state index contributed by atoms with van der Waals surface area (Å²) in [6.45, 7) is 0.508. The fourth-order valence-electron chi connectivity index (χ4n) is 2.84. The van der Waals surface area contributed by atoms with Gasteiger partial charge in [-0.05, 0) is 29.8 Å². The Morgan fingerprint density at radius 2 is 1.59 bits per heavy atom. The van der Waals surface area contributed by atoms with Gasteiger partial charge in [0, 0.05) is 30.2 Å². The van der Waals surface area contributed by atoms with Gasteiger partial charge in [0.1, 0.15) is 0 Å². The Kier molecular flexibility index (Phi) is 5.97. The van der Waals surface area contributed by atoms with Gasteiger partial charge in [0.15, 0.2) is 11.0 Å². The molecule has 4 aromatic rings. The number of rotatable bonds is 7. The second-order valence-corrected chi connectivity index (χ2v) is 7.21. The Labute approximate surface area is 173 Å². The van der Waals surface area contributed by atoms with Crippen LogP contribution in [0.4, 0.5) is 0 Å². The number of amides is 1. The summed E-state index contributed by atoms with van der Waals surface area (Å²) in [5, 5.41) is 12.3. The molecule has 0 saturated heterocycles. The summed E-state index contributed by atoms with van der Waals surface area (Å²) in [5.74, 6) is 0.923. The van der Waals surface area contributed by atoms with Crippen LogP contribution in [0.25, 0.3) is 17.1 Å². The molecule has 0 fully saturated rings. The second kappa shape index (κ2) is 9.16. The molecule has 2 aromatic heterocycles. The maximum Gasteiger partial charge on any atom is 0.230 e. The number of aromatic nitrogens is 4. The standard InChI is InChI=1S/C22H19N5OS/c28-20(24-15-17-7-3-1-4-8-17)16-29-22-26-25-21(18-11-13-23-14-12-18)27(22)19-9-5-2-6-10-19/h1-14H,15-16H2,(H,24,28). The van der Waals surface area contributed by atoms with Gasteiger partial charge in [-0.15, -0.1) is 10.2 Å². The topological polar surface area (TPSA) is 72.7 Å². The smallest absolute Gasteiger partial charge is 0.230 e. The Balaban J connectivity index is 1.51. The summed E-state index contributed by atoms with van der Waals surface area (Å²) < 4.78 is 1.96. The van der Waals surface area contributed by atoms with Gasteiger partial charge in [0.05, 0.1) is 5.75 Å². The molecule has 0 radical (unpaired) electrons. The van der Waals surface area contributed by atoms with Crippen LogP contribution in [-0.4, -0.2) is 31.4 Å². The summed E-state index contributed by atoms with van der Waals surface area (Å²) >= 11 is 1.36. The van der Waals surface area contributed by atoms with Gasteiger partial charge in [-0.2, -0.15) is 0 Å². The molecule has 0 bridgehead atoms. The first-order valence-corrected chi connectivity index (χ1v) is 10.1. The SMILES string of the molecule is O=C(CSc1nnc(-c2ccncc2)n1-c1ccccc1)NCc1ccccc1. The van der Waals surface area contributed by atoms with Crippen molar-refractivity contribution in [2.24, 2.45) is 0 Å². The minimum atomic E-state index is -0.0491. The zero-order valence-electron chi connectivity index (χ0n) is 15.6. The summed E-state index contributed by atoms with van der Waals surface area (Å²) in [7, 11) is 0. The quantitative estimate of drug-likeness (QED) is 0.478. The molecular formula is C22H19N5OS. The van der Waals surface area contributed by atoms with Gasteiger partial charge in [-0.3, -0.25) is 14.3 Å². The average Bonchev–Trinajstić information content (AvgIpc) is 3.22. The molecule has 0 unspecified atom stereocenters. The summed E-state index contributed by atoms with van der Waals surface area (Å²) in [5.41, 5.74) is 2.92. The third kappa shape index (κ3) is 4.70. The fourth-order valence-corrected chi connectivity index (χ4v) is 3.62. The second-order valence-electron chi connectivity index (χ2n) is 6.26. The lowest BCUT2D eigenvalue weighted by molar-refractivity contribution is -0.118. The number of benzene rings is 2. The molecule has 0 saturated carbocycles. The van der Waals surface area contributed by atoms with Crippen molar-refractivity contribution in [3.8, 4) is 17.1 Å². The number of nitrogens with zero attached hydrogens (tertiary/aromatic N) is 4. The fraction of sp³-hybridized carbons (Fsp3) is 0.0909. The molecular weight excluding hydrogens is 382 g/mol. The monoisotopic (exact) mass is 401 g/mol. The first-order chi connectivity index (χ1) is 14.3. The van der Waals surface area contributed by atoms with E-state index in [0.29, 0.717) is 17.5 Å². The third-order valence-electron chi connectivity index (χ3n) is 4.25. The number of thioether (sulfide) groups is 1. The number of para-hydroxylation sites is 1. The zero-order chi connectivity index (χ0) is 19.9. The highest BCUT2D eigenvalue weighted by Gasteiger charge is 2.17. The highest BCUT2D eigenvalue weighted by Crippen LogP contribution is 2.27. The molecule has 2 aromatic carbocycles. The normalized spacial score (nSPS) is 10.6. The molecule has 7 heteroatoms. The predicted molar refractivity (Wildman–Crippen MR) is 114 cm³/mol. The van der Waals surface area contributed by atoms with Crippen molar-refractivity contribution in [2.75, 3.05) is 5.75 Å². The molecule has 6 nitrogen and oxygen atoms in total. The minimum absolute atomic E-state index is 0.0491. The highest BCUT2D eigenvalue weighted by atomic mass is 32.2. The Hall–Kier alpha value is -3.45. The van der Waals surface area contributed by atoms with Crippen molar-refractivity contribution in [1.82, 2.24) is 25.1 Å². The van der Waals surface area contributed by atoms with Gasteiger partial charge in [-0.25, -0.2) is 0 Å². The molecule has 0 spiro atoms. The first-order valence-electron chi connectivity index (χ1n) is 9.16. The first kappa shape index (κ1) is 18.9. The lowest BCUT2D eigenvalue weighted by Gasteiger charge is -2.10. The van der Waals surface area contributed by atoms with Crippen LogP contribution in [-0.2, 0) is 11.3 Å². The average molecular weight is 401 g/mol. The predicted octanol–water partition coefficient (Wildman–Crippen LogP) is 3.74. The summed E-state index contributed by atoms with van der Waals surface area (Å²) in [6.07, 6.45) is 3.45. The minimum Gasteiger partial charge on any atom is -0.351 e. The van der Waals surface area contributed by atoms with E-state index in [1.807, 2.05) is 77.4 Å². The Morgan fingerprint density at radius 3 is 2.31 bits per heavy atom. The largest absolute Gasteiger partial charge is 0.351 e. The van der Waals surface area contributed by atoms with Crippen molar-refractivity contribution in [2.45, 2.75) is 11.7 Å². The molecule has 0 aliphatic heterocycles. The van der Waals surface area contributed by atoms with Crippen LogP contribution in [0.5, 0.6) is 0 Å². The van der Waals surface area contributed by atoms with Crippen molar-refractivity contribution in [1.29, 1.82) is 0 Å². The molecule has 0 aliphatic carbocycles. The van der Waals surface area contributed by atoms with E-state index in [9.17, 15) is 4.79 Å². The number of carbonyl (C=O) groups is 1. The zero-order valence-corrected chi connectivity index (χ0v) is 16.4. The number of pyridine rings is 1. The van der Waals surface area contributed by atoms with E-state index < -0.39 is 0 Å². The van der Waals surface area contributed by atoms with E-state index in [2.05, 4.69) is 20.5 Å². The molecule has 0 aliphatic rings. The van der Waals surface area contributed by atoms with E-state index in [1.165, 1.54) is 11.8 Å². The molecule has 29 heavy (non-hydrogen) atoms. The number of nitrogens with one attached hydrogen (secondary N) is 1. The Morgan fingerprint density at radius 1 is 0.897 bits per heavy atom. The molecule has 2 heterocycles. The van der Waals surface area contributed by atoms with Gasteiger partial charge < -0.3 is 5.32 Å². The van der Waals surface area contributed by atoms with E-state index in [-0.39, 0.29) is 11.7 Å². The van der Waals surface area contributed by atoms with Crippen molar-refractivity contribution in [3.63, 3.8) is 0 Å². The van der Waals surface area contributed by atoms with Crippen molar-refractivity contribution in [3.05, 3.63) is 90.8 Å². The maximum atomic E-state index is 12.3. The van der Waals surface area contributed by atoms with Crippen LogP contribution >= 0.6 is 11.8 Å². The van der Waals surface area contributed by atoms with Crippen LogP contribution in [0.3, 0.4) is 0 Å². The molecule has 0 atom stereocenters. The van der Waals surface area contributed by atoms with E-state index in [0.717, 1.165) is 16.8 Å².